The number of halogens is 1. The van der Waals surface area contributed by atoms with Crippen molar-refractivity contribution in [3.05, 3.63) is 65.5 Å². The summed E-state index contributed by atoms with van der Waals surface area (Å²) in [6.07, 6.45) is 1.44. The Bertz CT molecular complexity index is 822. The number of likely N-dealkylation sites (tertiary alicyclic amines) is 1. The van der Waals surface area contributed by atoms with Crippen molar-refractivity contribution in [3.63, 3.8) is 0 Å². The van der Waals surface area contributed by atoms with Gasteiger partial charge in [0.1, 0.15) is 24.3 Å². The number of ether oxygens (including phenoxy) is 1. The lowest BCUT2D eigenvalue weighted by Crippen LogP contribution is -2.44. The predicted molar refractivity (Wildman–Crippen MR) is 115 cm³/mol. The Morgan fingerprint density at radius 1 is 1.20 bits per heavy atom. The maximum absolute atomic E-state index is 13.6. The number of nitrogens with zero attached hydrogens (tertiary/aromatic N) is 1. The molecular formula is C24H31FN2O3. The SMILES string of the molecule is Cc1ccccc1OCC(O)CN1CCC(C(=O)NCCc2ccccc2F)CC1. The van der Waals surface area contributed by atoms with Crippen molar-refractivity contribution in [1.82, 2.24) is 10.2 Å². The van der Waals surface area contributed by atoms with Gasteiger partial charge in [-0.3, -0.25) is 4.79 Å². The van der Waals surface area contributed by atoms with Crippen LogP contribution in [-0.4, -0.2) is 54.8 Å². The number of benzene rings is 2. The summed E-state index contributed by atoms with van der Waals surface area (Å²) < 4.78 is 19.4. The number of hydrogen-bond acceptors (Lipinski definition) is 4. The average Bonchev–Trinajstić information content (AvgIpc) is 2.75. The summed E-state index contributed by atoms with van der Waals surface area (Å²) in [5, 5.41) is 13.2. The second kappa shape index (κ2) is 11.1. The second-order valence-corrected chi connectivity index (χ2v) is 7.94. The molecule has 2 aromatic carbocycles. The number of carbonyl (C=O) groups is 1. The minimum Gasteiger partial charge on any atom is -0.491 e. The molecule has 3 rings (SSSR count). The van der Waals surface area contributed by atoms with Gasteiger partial charge >= 0.3 is 0 Å². The van der Waals surface area contributed by atoms with Gasteiger partial charge in [0.2, 0.25) is 5.91 Å². The first-order valence-corrected chi connectivity index (χ1v) is 10.6. The Morgan fingerprint density at radius 3 is 2.63 bits per heavy atom. The fourth-order valence-corrected chi connectivity index (χ4v) is 3.80. The molecule has 2 N–H and O–H groups in total. The van der Waals surface area contributed by atoms with E-state index < -0.39 is 6.10 Å². The predicted octanol–water partition coefficient (Wildman–Crippen LogP) is 2.94. The Kier molecular flexibility index (Phi) is 8.22. The summed E-state index contributed by atoms with van der Waals surface area (Å²) in [5.74, 6) is 0.573. The molecule has 30 heavy (non-hydrogen) atoms. The van der Waals surface area contributed by atoms with Crippen LogP contribution < -0.4 is 10.1 Å². The van der Waals surface area contributed by atoms with Crippen LogP contribution in [0.4, 0.5) is 4.39 Å². The van der Waals surface area contributed by atoms with Crippen LogP contribution in [-0.2, 0) is 11.2 Å². The van der Waals surface area contributed by atoms with Gasteiger partial charge in [0, 0.05) is 19.0 Å². The number of amides is 1. The van der Waals surface area contributed by atoms with Gasteiger partial charge in [-0.05, 0) is 62.5 Å². The first-order valence-electron chi connectivity index (χ1n) is 10.6. The van der Waals surface area contributed by atoms with Gasteiger partial charge in [-0.15, -0.1) is 0 Å². The van der Waals surface area contributed by atoms with Crippen molar-refractivity contribution in [2.24, 2.45) is 5.92 Å². The maximum atomic E-state index is 13.6. The van der Waals surface area contributed by atoms with E-state index in [4.69, 9.17) is 4.74 Å². The zero-order valence-corrected chi connectivity index (χ0v) is 17.5. The summed E-state index contributed by atoms with van der Waals surface area (Å²) in [4.78, 5) is 14.6. The summed E-state index contributed by atoms with van der Waals surface area (Å²) >= 11 is 0. The molecule has 1 aliphatic heterocycles. The van der Waals surface area contributed by atoms with Crippen LogP contribution in [0.5, 0.6) is 5.75 Å². The van der Waals surface area contributed by atoms with Crippen LogP contribution in [0.25, 0.3) is 0 Å². The molecule has 2 aromatic rings. The number of rotatable bonds is 9. The lowest BCUT2D eigenvalue weighted by molar-refractivity contribution is -0.126. The van der Waals surface area contributed by atoms with Crippen molar-refractivity contribution < 1.29 is 19.0 Å². The van der Waals surface area contributed by atoms with Crippen molar-refractivity contribution in [3.8, 4) is 5.75 Å². The van der Waals surface area contributed by atoms with E-state index in [1.165, 1.54) is 6.07 Å². The van der Waals surface area contributed by atoms with Crippen LogP contribution in [0, 0.1) is 18.7 Å². The lowest BCUT2D eigenvalue weighted by atomic mass is 9.95. The fourth-order valence-electron chi connectivity index (χ4n) is 3.80. The van der Waals surface area contributed by atoms with Gasteiger partial charge in [0.15, 0.2) is 0 Å². The Hall–Kier alpha value is -2.44. The van der Waals surface area contributed by atoms with Crippen LogP contribution in [0.1, 0.15) is 24.0 Å². The number of β-amino-alcohol motifs (C(OH)–C–C–N with tert-alkyl or cyclic N) is 1. The molecule has 6 heteroatoms. The first-order chi connectivity index (χ1) is 14.5. The van der Waals surface area contributed by atoms with Gasteiger partial charge in [0.25, 0.3) is 0 Å². The second-order valence-electron chi connectivity index (χ2n) is 7.94. The van der Waals surface area contributed by atoms with E-state index in [1.807, 2.05) is 31.2 Å². The van der Waals surface area contributed by atoms with Gasteiger partial charge in [-0.2, -0.15) is 0 Å². The van der Waals surface area contributed by atoms with Crippen LogP contribution in [0.2, 0.25) is 0 Å². The number of para-hydroxylation sites is 1. The zero-order valence-electron chi connectivity index (χ0n) is 17.5. The average molecular weight is 415 g/mol. The molecule has 1 unspecified atom stereocenters. The number of aliphatic hydroxyl groups is 1. The third-order valence-electron chi connectivity index (χ3n) is 5.60. The molecule has 1 aliphatic rings. The number of nitrogens with one attached hydrogen (secondary N) is 1. The van der Waals surface area contributed by atoms with Crippen molar-refractivity contribution in [2.75, 3.05) is 32.8 Å². The minimum absolute atomic E-state index is 0.0257. The monoisotopic (exact) mass is 414 g/mol. The largest absolute Gasteiger partial charge is 0.491 e. The van der Waals surface area contributed by atoms with Gasteiger partial charge in [-0.25, -0.2) is 4.39 Å². The van der Waals surface area contributed by atoms with Crippen molar-refractivity contribution in [1.29, 1.82) is 0 Å². The molecular weight excluding hydrogens is 383 g/mol. The molecule has 1 amide bonds. The molecule has 0 bridgehead atoms. The molecule has 1 saturated heterocycles. The van der Waals surface area contributed by atoms with Crippen LogP contribution >= 0.6 is 0 Å². The Labute approximate surface area is 177 Å². The molecule has 1 heterocycles. The van der Waals surface area contributed by atoms with Gasteiger partial charge < -0.3 is 20.1 Å². The van der Waals surface area contributed by atoms with Crippen LogP contribution in [0.15, 0.2) is 48.5 Å². The van der Waals surface area contributed by atoms with E-state index >= 15 is 0 Å². The Balaban J connectivity index is 1.33. The topological polar surface area (TPSA) is 61.8 Å². The highest BCUT2D eigenvalue weighted by molar-refractivity contribution is 5.78. The first kappa shape index (κ1) is 22.2. The highest BCUT2D eigenvalue weighted by Crippen LogP contribution is 2.19. The van der Waals surface area contributed by atoms with E-state index in [0.717, 1.165) is 37.2 Å². The van der Waals surface area contributed by atoms with Crippen molar-refractivity contribution in [2.45, 2.75) is 32.3 Å². The minimum atomic E-state index is -0.573. The number of aryl methyl sites for hydroxylation is 1. The Morgan fingerprint density at radius 2 is 1.90 bits per heavy atom. The molecule has 0 saturated carbocycles. The number of piperidine rings is 1. The van der Waals surface area contributed by atoms with Gasteiger partial charge in [0.05, 0.1) is 0 Å². The highest BCUT2D eigenvalue weighted by atomic mass is 19.1. The summed E-state index contributed by atoms with van der Waals surface area (Å²) in [6, 6.07) is 14.4. The normalized spacial score (nSPS) is 16.2. The smallest absolute Gasteiger partial charge is 0.223 e. The number of hydrogen-bond donors (Lipinski definition) is 2. The summed E-state index contributed by atoms with van der Waals surface area (Å²) in [6.45, 7) is 4.75. The fraction of sp³-hybridized carbons (Fsp3) is 0.458. The summed E-state index contributed by atoms with van der Waals surface area (Å²) in [5.41, 5.74) is 1.67. The van der Waals surface area contributed by atoms with Gasteiger partial charge in [-0.1, -0.05) is 36.4 Å². The molecule has 0 aromatic heterocycles. The third-order valence-corrected chi connectivity index (χ3v) is 5.60. The maximum Gasteiger partial charge on any atom is 0.223 e. The molecule has 0 spiro atoms. The lowest BCUT2D eigenvalue weighted by Gasteiger charge is -2.32. The standard InChI is InChI=1S/C24H31FN2O3/c1-18-6-2-5-9-23(18)30-17-21(28)16-27-14-11-20(12-15-27)24(29)26-13-10-19-7-3-4-8-22(19)25/h2-9,20-21,28H,10-17H2,1H3,(H,26,29). The molecule has 0 aliphatic carbocycles. The summed E-state index contributed by atoms with van der Waals surface area (Å²) in [7, 11) is 0. The van der Waals surface area contributed by atoms with E-state index in [-0.39, 0.29) is 24.2 Å². The third kappa shape index (κ3) is 6.54. The van der Waals surface area contributed by atoms with Crippen LogP contribution in [0.3, 0.4) is 0 Å². The number of carbonyl (C=O) groups excluding carboxylic acids is 1. The quantitative estimate of drug-likeness (QED) is 0.662. The highest BCUT2D eigenvalue weighted by Gasteiger charge is 2.26. The molecule has 1 fully saturated rings. The molecule has 162 valence electrons. The van der Waals surface area contributed by atoms with E-state index in [9.17, 15) is 14.3 Å². The molecule has 5 nitrogen and oxygen atoms in total. The van der Waals surface area contributed by atoms with E-state index in [1.54, 1.807) is 18.2 Å². The van der Waals surface area contributed by atoms with Crippen molar-refractivity contribution >= 4 is 5.91 Å². The molecule has 1 atom stereocenters. The molecule has 0 radical (unpaired) electrons. The number of aliphatic hydroxyl groups excluding tert-OH is 1. The van der Waals surface area contributed by atoms with E-state index in [2.05, 4.69) is 10.2 Å². The van der Waals surface area contributed by atoms with E-state index in [0.29, 0.717) is 25.1 Å². The zero-order chi connectivity index (χ0) is 21.3.